The summed E-state index contributed by atoms with van der Waals surface area (Å²) in [6, 6.07) is 13.6. The summed E-state index contributed by atoms with van der Waals surface area (Å²) in [5.74, 6) is 0.799. The number of amides is 1. The highest BCUT2D eigenvalue weighted by atomic mass is 16.5. The monoisotopic (exact) mass is 405 g/mol. The van der Waals surface area contributed by atoms with Crippen LogP contribution in [0.1, 0.15) is 48.1 Å². The Kier molecular flexibility index (Phi) is 4.70. The molecule has 0 unspecified atom stereocenters. The first-order valence-electron chi connectivity index (χ1n) is 10.7. The van der Waals surface area contributed by atoms with Crippen LogP contribution in [0.5, 0.6) is 5.75 Å². The second-order valence-electron chi connectivity index (χ2n) is 8.47. The number of hydrogen-bond acceptors (Lipinski definition) is 5. The van der Waals surface area contributed by atoms with Gasteiger partial charge < -0.3 is 15.0 Å². The first-order valence-corrected chi connectivity index (χ1v) is 10.7. The average molecular weight is 406 g/mol. The molecule has 2 aliphatic rings. The van der Waals surface area contributed by atoms with E-state index in [1.165, 1.54) is 0 Å². The molecular formula is C23H27N5O2. The number of carbonyl (C=O) groups is 1. The van der Waals surface area contributed by atoms with E-state index in [0.29, 0.717) is 5.56 Å². The average Bonchev–Trinajstić information content (AvgIpc) is 3.18. The molecule has 1 atom stereocenters. The van der Waals surface area contributed by atoms with Crippen LogP contribution in [0.15, 0.2) is 42.5 Å². The van der Waals surface area contributed by atoms with Crippen LogP contribution >= 0.6 is 0 Å². The van der Waals surface area contributed by atoms with Crippen molar-refractivity contribution in [3.8, 4) is 5.75 Å². The summed E-state index contributed by atoms with van der Waals surface area (Å²) in [4.78, 5) is 15.5. The molecule has 0 radical (unpaired) electrons. The van der Waals surface area contributed by atoms with Crippen molar-refractivity contribution in [2.24, 2.45) is 0 Å². The Labute approximate surface area is 176 Å². The predicted octanol–water partition coefficient (Wildman–Crippen LogP) is 3.17. The lowest BCUT2D eigenvalue weighted by atomic mass is 9.80. The van der Waals surface area contributed by atoms with Crippen molar-refractivity contribution in [2.45, 2.75) is 44.4 Å². The second kappa shape index (κ2) is 7.40. The highest BCUT2D eigenvalue weighted by molar-refractivity contribution is 5.97. The maximum Gasteiger partial charge on any atom is 0.251 e. The second-order valence-corrected chi connectivity index (χ2v) is 8.47. The molecule has 1 saturated heterocycles. The highest BCUT2D eigenvalue weighted by Crippen LogP contribution is 2.44. The van der Waals surface area contributed by atoms with Crippen LogP contribution in [-0.4, -0.2) is 51.5 Å². The molecule has 1 amide bonds. The van der Waals surface area contributed by atoms with Gasteiger partial charge in [-0.3, -0.25) is 4.79 Å². The predicted molar refractivity (Wildman–Crippen MR) is 115 cm³/mol. The zero-order valence-corrected chi connectivity index (χ0v) is 17.5. The molecular weight excluding hydrogens is 378 g/mol. The van der Waals surface area contributed by atoms with Crippen molar-refractivity contribution in [3.05, 3.63) is 53.6 Å². The maximum absolute atomic E-state index is 13.2. The molecule has 156 valence electrons. The molecule has 5 rings (SSSR count). The number of likely N-dealkylation sites (tertiary alicyclic amines) is 1. The Balaban J connectivity index is 1.42. The summed E-state index contributed by atoms with van der Waals surface area (Å²) in [7, 11) is 2.15. The van der Waals surface area contributed by atoms with E-state index in [9.17, 15) is 4.79 Å². The van der Waals surface area contributed by atoms with Gasteiger partial charge in [-0.25, -0.2) is 4.68 Å². The number of hydrogen-bond donors (Lipinski definition) is 1. The van der Waals surface area contributed by atoms with Gasteiger partial charge in [0, 0.05) is 37.2 Å². The zero-order valence-electron chi connectivity index (χ0n) is 17.5. The van der Waals surface area contributed by atoms with Gasteiger partial charge in [-0.05, 0) is 51.1 Å². The number of benzene rings is 2. The first-order chi connectivity index (χ1) is 14.6. The van der Waals surface area contributed by atoms with E-state index in [1.807, 2.05) is 48.0 Å². The molecule has 3 heterocycles. The van der Waals surface area contributed by atoms with Crippen molar-refractivity contribution in [2.75, 3.05) is 20.1 Å². The first kappa shape index (κ1) is 19.1. The summed E-state index contributed by atoms with van der Waals surface area (Å²) in [6.07, 6.45) is 2.73. The van der Waals surface area contributed by atoms with Gasteiger partial charge in [-0.15, -0.1) is 5.10 Å². The fraction of sp³-hybridized carbons (Fsp3) is 0.435. The van der Waals surface area contributed by atoms with Gasteiger partial charge in [-0.1, -0.05) is 23.4 Å². The molecule has 0 bridgehead atoms. The molecule has 0 saturated carbocycles. The van der Waals surface area contributed by atoms with Gasteiger partial charge in [0.1, 0.15) is 16.9 Å². The Morgan fingerprint density at radius 3 is 2.83 bits per heavy atom. The Bertz CT molecular complexity index is 1080. The van der Waals surface area contributed by atoms with Crippen molar-refractivity contribution in [3.63, 3.8) is 0 Å². The zero-order chi connectivity index (χ0) is 20.7. The number of ether oxygens (including phenoxy) is 1. The third kappa shape index (κ3) is 3.33. The van der Waals surface area contributed by atoms with Crippen molar-refractivity contribution in [1.29, 1.82) is 0 Å². The minimum absolute atomic E-state index is 0.0760. The number of piperidine rings is 1. The van der Waals surface area contributed by atoms with Gasteiger partial charge in [0.15, 0.2) is 0 Å². The van der Waals surface area contributed by atoms with Crippen LogP contribution in [0.3, 0.4) is 0 Å². The van der Waals surface area contributed by atoms with Gasteiger partial charge in [0.2, 0.25) is 0 Å². The number of nitrogens with zero attached hydrogens (tertiary/aromatic N) is 4. The molecule has 2 aromatic carbocycles. The third-order valence-corrected chi connectivity index (χ3v) is 6.48. The van der Waals surface area contributed by atoms with Crippen LogP contribution < -0.4 is 10.1 Å². The summed E-state index contributed by atoms with van der Waals surface area (Å²) in [5.41, 5.74) is 3.12. The molecule has 30 heavy (non-hydrogen) atoms. The lowest BCUT2D eigenvalue weighted by molar-refractivity contribution is -0.0195. The van der Waals surface area contributed by atoms with Crippen LogP contribution in [0.25, 0.3) is 11.0 Å². The van der Waals surface area contributed by atoms with Crippen LogP contribution in [0.4, 0.5) is 0 Å². The number of rotatable bonds is 3. The maximum atomic E-state index is 13.2. The topological polar surface area (TPSA) is 72.3 Å². The van der Waals surface area contributed by atoms with Gasteiger partial charge >= 0.3 is 0 Å². The van der Waals surface area contributed by atoms with Crippen molar-refractivity contribution >= 4 is 16.9 Å². The summed E-state index contributed by atoms with van der Waals surface area (Å²) in [5, 5.41) is 11.6. The van der Waals surface area contributed by atoms with Gasteiger partial charge in [-0.2, -0.15) is 0 Å². The molecule has 7 heteroatoms. The molecule has 1 fully saturated rings. The normalized spacial score (nSPS) is 20.7. The number of para-hydroxylation sites is 1. The van der Waals surface area contributed by atoms with E-state index >= 15 is 0 Å². The fourth-order valence-corrected chi connectivity index (χ4v) is 4.67. The highest BCUT2D eigenvalue weighted by Gasteiger charge is 2.43. The quantitative estimate of drug-likeness (QED) is 0.725. The van der Waals surface area contributed by atoms with Crippen molar-refractivity contribution in [1.82, 2.24) is 25.2 Å². The smallest absolute Gasteiger partial charge is 0.251 e. The molecule has 0 aliphatic carbocycles. The number of aryl methyl sites for hydroxylation is 1. The molecule has 3 aromatic rings. The lowest BCUT2D eigenvalue weighted by Crippen LogP contribution is -2.51. The standard InChI is InChI=1S/C23H27N5O2/c1-3-28-20-9-8-16(14-18(20)25-26-28)22(29)24-19-15-23(10-12-27(2)13-11-23)30-21-7-5-4-6-17(19)21/h4-9,14,19H,3,10-13,15H2,1-2H3,(H,24,29)/t19-/m1/s1. The fourth-order valence-electron chi connectivity index (χ4n) is 4.67. The van der Waals surface area contributed by atoms with E-state index in [-0.39, 0.29) is 17.6 Å². The summed E-state index contributed by atoms with van der Waals surface area (Å²) in [6.45, 7) is 4.79. The minimum atomic E-state index is -0.216. The van der Waals surface area contributed by atoms with Gasteiger partial charge in [0.05, 0.1) is 11.6 Å². The number of aromatic nitrogens is 3. The van der Waals surface area contributed by atoms with Crippen molar-refractivity contribution < 1.29 is 9.53 Å². The Morgan fingerprint density at radius 1 is 1.23 bits per heavy atom. The van der Waals surface area contributed by atoms with Crippen LogP contribution in [0.2, 0.25) is 0 Å². The molecule has 1 aromatic heterocycles. The number of fused-ring (bicyclic) bond motifs is 2. The molecule has 2 aliphatic heterocycles. The van der Waals surface area contributed by atoms with E-state index in [2.05, 4.69) is 33.6 Å². The minimum Gasteiger partial charge on any atom is -0.487 e. The Morgan fingerprint density at radius 2 is 2.03 bits per heavy atom. The summed E-state index contributed by atoms with van der Waals surface area (Å²) < 4.78 is 8.33. The SMILES string of the molecule is CCn1nnc2cc(C(=O)N[C@@H]3CC4(CCN(C)CC4)Oc4ccccc43)ccc21. The largest absolute Gasteiger partial charge is 0.487 e. The molecule has 1 N–H and O–H groups in total. The van der Waals surface area contributed by atoms with Gasteiger partial charge in [0.25, 0.3) is 5.91 Å². The van der Waals surface area contributed by atoms with E-state index < -0.39 is 0 Å². The lowest BCUT2D eigenvalue weighted by Gasteiger charge is -2.46. The van der Waals surface area contributed by atoms with E-state index in [1.54, 1.807) is 0 Å². The van der Waals surface area contributed by atoms with E-state index in [4.69, 9.17) is 4.74 Å². The molecule has 1 spiro atoms. The van der Waals surface area contributed by atoms with E-state index in [0.717, 1.165) is 61.2 Å². The van der Waals surface area contributed by atoms with Crippen LogP contribution in [-0.2, 0) is 6.54 Å². The Hall–Kier alpha value is -2.93. The number of nitrogens with one attached hydrogen (secondary N) is 1. The number of carbonyl (C=O) groups excluding carboxylic acids is 1. The van der Waals surface area contributed by atoms with Crippen LogP contribution in [0, 0.1) is 0 Å². The summed E-state index contributed by atoms with van der Waals surface area (Å²) >= 11 is 0. The third-order valence-electron chi connectivity index (χ3n) is 6.48. The molecule has 7 nitrogen and oxygen atoms in total.